The fraction of sp³-hybridized carbons (Fsp3) is 0.435. The Hall–Kier alpha value is -2.09. The van der Waals surface area contributed by atoms with Crippen LogP contribution in [-0.2, 0) is 6.42 Å². The smallest absolute Gasteiger partial charge is 0.193 e. The van der Waals surface area contributed by atoms with Crippen molar-refractivity contribution in [2.24, 2.45) is 0 Å². The Morgan fingerprint density at radius 2 is 1.68 bits per heavy atom. The Morgan fingerprint density at radius 1 is 0.880 bits per heavy atom. The zero-order valence-electron chi connectivity index (χ0n) is 15.4. The molecular formula is C23H28O2. The summed E-state index contributed by atoms with van der Waals surface area (Å²) in [7, 11) is 0. The average Bonchev–Trinajstić information content (AvgIpc) is 2.61. The highest BCUT2D eigenvalue weighted by atomic mass is 16.5. The standard InChI is InChI=1S/C23H28O2/c1-3-4-5-6-7-8-13-25-20-11-10-18-15-19-14-17(2)9-12-21(19)23(24)22(18)16-20/h9-12,14,16H,3-8,13,15H2,1-2H3. The summed E-state index contributed by atoms with van der Waals surface area (Å²) in [6.45, 7) is 5.04. The lowest BCUT2D eigenvalue weighted by atomic mass is 9.84. The third-order valence-corrected chi connectivity index (χ3v) is 4.98. The summed E-state index contributed by atoms with van der Waals surface area (Å²) >= 11 is 0. The number of carbonyl (C=O) groups excluding carboxylic acids is 1. The zero-order chi connectivity index (χ0) is 17.6. The van der Waals surface area contributed by atoms with Gasteiger partial charge in [0.2, 0.25) is 0 Å². The predicted molar refractivity (Wildman–Crippen MR) is 103 cm³/mol. The summed E-state index contributed by atoms with van der Waals surface area (Å²) in [6, 6.07) is 12.1. The topological polar surface area (TPSA) is 26.3 Å². The van der Waals surface area contributed by atoms with E-state index in [0.717, 1.165) is 47.5 Å². The first-order valence-electron chi connectivity index (χ1n) is 9.59. The summed E-state index contributed by atoms with van der Waals surface area (Å²) in [5.74, 6) is 0.942. The minimum absolute atomic E-state index is 0.126. The molecule has 2 aromatic rings. The van der Waals surface area contributed by atoms with Crippen LogP contribution < -0.4 is 4.74 Å². The summed E-state index contributed by atoms with van der Waals surface area (Å²) < 4.78 is 5.88. The highest BCUT2D eigenvalue weighted by molar-refractivity contribution is 6.12. The second-order valence-corrected chi connectivity index (χ2v) is 7.10. The Balaban J connectivity index is 1.60. The van der Waals surface area contributed by atoms with Gasteiger partial charge in [-0.1, -0.05) is 68.9 Å². The molecule has 0 aromatic heterocycles. The van der Waals surface area contributed by atoms with E-state index in [1.54, 1.807) is 0 Å². The molecular weight excluding hydrogens is 308 g/mol. The number of carbonyl (C=O) groups is 1. The molecule has 2 heteroatoms. The van der Waals surface area contributed by atoms with Crippen LogP contribution in [0.15, 0.2) is 36.4 Å². The lowest BCUT2D eigenvalue weighted by Crippen LogP contribution is -2.15. The molecule has 0 N–H and O–H groups in total. The molecule has 0 heterocycles. The first-order chi connectivity index (χ1) is 12.2. The number of rotatable bonds is 8. The van der Waals surface area contributed by atoms with Crippen LogP contribution in [0, 0.1) is 6.92 Å². The molecule has 0 bridgehead atoms. The molecule has 132 valence electrons. The molecule has 0 saturated carbocycles. The number of hydrogen-bond acceptors (Lipinski definition) is 2. The van der Waals surface area contributed by atoms with E-state index in [4.69, 9.17) is 4.74 Å². The van der Waals surface area contributed by atoms with Crippen LogP contribution in [0.5, 0.6) is 5.75 Å². The van der Waals surface area contributed by atoms with Crippen molar-refractivity contribution in [1.29, 1.82) is 0 Å². The largest absolute Gasteiger partial charge is 0.494 e. The molecule has 1 aliphatic carbocycles. The number of unbranched alkanes of at least 4 members (excludes halogenated alkanes) is 5. The first kappa shape index (κ1) is 17.7. The van der Waals surface area contributed by atoms with E-state index < -0.39 is 0 Å². The van der Waals surface area contributed by atoms with Crippen molar-refractivity contribution < 1.29 is 9.53 Å². The van der Waals surface area contributed by atoms with Crippen LogP contribution in [0.25, 0.3) is 0 Å². The molecule has 25 heavy (non-hydrogen) atoms. The van der Waals surface area contributed by atoms with Gasteiger partial charge in [0.25, 0.3) is 0 Å². The van der Waals surface area contributed by atoms with Gasteiger partial charge in [0.15, 0.2) is 5.78 Å². The number of ether oxygens (including phenoxy) is 1. The second-order valence-electron chi connectivity index (χ2n) is 7.10. The Labute approximate surface area is 151 Å². The Bertz CT molecular complexity index is 746. The maximum atomic E-state index is 12.8. The maximum Gasteiger partial charge on any atom is 0.193 e. The summed E-state index contributed by atoms with van der Waals surface area (Å²) in [4.78, 5) is 12.8. The summed E-state index contributed by atoms with van der Waals surface area (Å²) in [5, 5.41) is 0. The van der Waals surface area contributed by atoms with E-state index in [9.17, 15) is 4.79 Å². The average molecular weight is 336 g/mol. The molecule has 1 aliphatic rings. The van der Waals surface area contributed by atoms with Gasteiger partial charge in [-0.05, 0) is 43.0 Å². The van der Waals surface area contributed by atoms with Crippen LogP contribution in [0.2, 0.25) is 0 Å². The SMILES string of the molecule is CCCCCCCCOc1ccc2c(c1)C(=O)c1ccc(C)cc1C2. The van der Waals surface area contributed by atoms with Crippen molar-refractivity contribution in [3.05, 3.63) is 64.2 Å². The van der Waals surface area contributed by atoms with Crippen molar-refractivity contribution in [1.82, 2.24) is 0 Å². The molecule has 3 rings (SSSR count). The number of hydrogen-bond donors (Lipinski definition) is 0. The molecule has 2 nitrogen and oxygen atoms in total. The van der Waals surface area contributed by atoms with Gasteiger partial charge in [-0.2, -0.15) is 0 Å². The van der Waals surface area contributed by atoms with E-state index in [2.05, 4.69) is 26.0 Å². The molecule has 0 amide bonds. The van der Waals surface area contributed by atoms with Crippen LogP contribution in [0.3, 0.4) is 0 Å². The fourth-order valence-corrected chi connectivity index (χ4v) is 3.52. The Morgan fingerprint density at radius 3 is 2.52 bits per heavy atom. The molecule has 0 fully saturated rings. The molecule has 0 spiro atoms. The van der Waals surface area contributed by atoms with Crippen molar-refractivity contribution in [2.75, 3.05) is 6.61 Å². The van der Waals surface area contributed by atoms with E-state index in [0.29, 0.717) is 0 Å². The van der Waals surface area contributed by atoms with Gasteiger partial charge in [-0.25, -0.2) is 0 Å². The minimum atomic E-state index is 0.126. The normalized spacial score (nSPS) is 12.6. The second kappa shape index (κ2) is 8.33. The van der Waals surface area contributed by atoms with Crippen molar-refractivity contribution in [3.63, 3.8) is 0 Å². The molecule has 2 aromatic carbocycles. The minimum Gasteiger partial charge on any atom is -0.494 e. The van der Waals surface area contributed by atoms with Gasteiger partial charge >= 0.3 is 0 Å². The van der Waals surface area contributed by atoms with E-state index in [1.165, 1.54) is 37.7 Å². The molecule has 0 saturated heterocycles. The number of aryl methyl sites for hydroxylation is 1. The highest BCUT2D eigenvalue weighted by Crippen LogP contribution is 2.30. The monoisotopic (exact) mass is 336 g/mol. The van der Waals surface area contributed by atoms with Gasteiger partial charge in [-0.3, -0.25) is 4.79 Å². The van der Waals surface area contributed by atoms with Gasteiger partial charge in [-0.15, -0.1) is 0 Å². The van der Waals surface area contributed by atoms with E-state index in [-0.39, 0.29) is 5.78 Å². The predicted octanol–water partition coefficient (Wildman–Crippen LogP) is 5.87. The van der Waals surface area contributed by atoms with Crippen LogP contribution in [0.4, 0.5) is 0 Å². The third kappa shape index (κ3) is 4.31. The molecule has 0 atom stereocenters. The number of fused-ring (bicyclic) bond motifs is 2. The van der Waals surface area contributed by atoms with Crippen molar-refractivity contribution >= 4 is 5.78 Å². The van der Waals surface area contributed by atoms with Crippen molar-refractivity contribution in [2.45, 2.75) is 58.8 Å². The third-order valence-electron chi connectivity index (χ3n) is 4.98. The molecule has 0 aliphatic heterocycles. The van der Waals surface area contributed by atoms with Crippen LogP contribution in [-0.4, -0.2) is 12.4 Å². The van der Waals surface area contributed by atoms with Gasteiger partial charge in [0.1, 0.15) is 5.75 Å². The number of ketones is 1. The van der Waals surface area contributed by atoms with E-state index in [1.807, 2.05) is 24.3 Å². The zero-order valence-corrected chi connectivity index (χ0v) is 15.4. The summed E-state index contributed by atoms with van der Waals surface area (Å²) in [5.41, 5.74) is 5.09. The molecule has 0 unspecified atom stereocenters. The van der Waals surface area contributed by atoms with Crippen LogP contribution in [0.1, 0.15) is 78.1 Å². The van der Waals surface area contributed by atoms with Crippen molar-refractivity contribution in [3.8, 4) is 5.75 Å². The van der Waals surface area contributed by atoms with Gasteiger partial charge in [0.05, 0.1) is 6.61 Å². The van der Waals surface area contributed by atoms with E-state index >= 15 is 0 Å². The first-order valence-corrected chi connectivity index (χ1v) is 9.59. The number of benzene rings is 2. The highest BCUT2D eigenvalue weighted by Gasteiger charge is 2.23. The quantitative estimate of drug-likeness (QED) is 0.481. The van der Waals surface area contributed by atoms with Crippen LogP contribution >= 0.6 is 0 Å². The lowest BCUT2D eigenvalue weighted by Gasteiger charge is -2.20. The van der Waals surface area contributed by atoms with Gasteiger partial charge in [0, 0.05) is 11.1 Å². The lowest BCUT2D eigenvalue weighted by molar-refractivity contribution is 0.103. The maximum absolute atomic E-state index is 12.8. The summed E-state index contributed by atoms with van der Waals surface area (Å²) in [6.07, 6.45) is 8.35. The van der Waals surface area contributed by atoms with Gasteiger partial charge < -0.3 is 4.74 Å². The molecule has 0 radical (unpaired) electrons. The Kier molecular flexibility index (Phi) is 5.91. The fourth-order valence-electron chi connectivity index (χ4n) is 3.52.